The average molecular weight is 267 g/mol. The van der Waals surface area contributed by atoms with E-state index in [0.29, 0.717) is 6.61 Å². The third-order valence-electron chi connectivity index (χ3n) is 2.64. The van der Waals surface area contributed by atoms with Crippen LogP contribution in [0, 0.1) is 0 Å². The summed E-state index contributed by atoms with van der Waals surface area (Å²) in [5.41, 5.74) is 0. The lowest BCUT2D eigenvalue weighted by Gasteiger charge is -2.11. The molecule has 0 spiro atoms. The van der Waals surface area contributed by atoms with Crippen LogP contribution in [0.1, 0.15) is 19.8 Å². The van der Waals surface area contributed by atoms with Crippen LogP contribution in [-0.2, 0) is 4.74 Å². The normalized spacial score (nSPS) is 10.4. The molecule has 1 aromatic rings. The van der Waals surface area contributed by atoms with Crippen LogP contribution in [0.25, 0.3) is 0 Å². The van der Waals surface area contributed by atoms with Gasteiger partial charge in [0.15, 0.2) is 11.5 Å². The van der Waals surface area contributed by atoms with Gasteiger partial charge in [0.05, 0.1) is 19.8 Å². The second-order valence-electron chi connectivity index (χ2n) is 4.18. The highest BCUT2D eigenvalue weighted by molar-refractivity contribution is 5.39. The second-order valence-corrected chi connectivity index (χ2v) is 4.18. The second kappa shape index (κ2) is 10.6. The van der Waals surface area contributed by atoms with Crippen molar-refractivity contribution < 1.29 is 14.2 Å². The summed E-state index contributed by atoms with van der Waals surface area (Å²) in [6, 6.07) is 7.80. The van der Waals surface area contributed by atoms with Crippen molar-refractivity contribution in [3.63, 3.8) is 0 Å². The SMILES string of the molecule is CCOc1ccccc1OCCCCNCCOC. The van der Waals surface area contributed by atoms with Crippen molar-refractivity contribution in [1.29, 1.82) is 0 Å². The van der Waals surface area contributed by atoms with Gasteiger partial charge in [0.2, 0.25) is 0 Å². The fourth-order valence-electron chi connectivity index (χ4n) is 1.68. The Kier molecular flexibility index (Phi) is 8.85. The molecule has 0 aromatic heterocycles. The summed E-state index contributed by atoms with van der Waals surface area (Å²) >= 11 is 0. The molecule has 0 fully saturated rings. The van der Waals surface area contributed by atoms with Gasteiger partial charge < -0.3 is 19.5 Å². The number of hydrogen-bond donors (Lipinski definition) is 1. The minimum absolute atomic E-state index is 0.657. The first-order chi connectivity index (χ1) is 9.38. The highest BCUT2D eigenvalue weighted by Crippen LogP contribution is 2.26. The van der Waals surface area contributed by atoms with Crippen LogP contribution >= 0.6 is 0 Å². The molecular formula is C15H25NO3. The van der Waals surface area contributed by atoms with E-state index in [1.165, 1.54) is 0 Å². The van der Waals surface area contributed by atoms with Gasteiger partial charge in [0, 0.05) is 13.7 Å². The van der Waals surface area contributed by atoms with E-state index in [0.717, 1.165) is 50.6 Å². The number of benzene rings is 1. The van der Waals surface area contributed by atoms with Crippen LogP contribution in [0.5, 0.6) is 11.5 Å². The summed E-state index contributed by atoms with van der Waals surface area (Å²) in [7, 11) is 1.71. The van der Waals surface area contributed by atoms with E-state index in [1.54, 1.807) is 7.11 Å². The molecule has 0 atom stereocenters. The van der Waals surface area contributed by atoms with Crippen molar-refractivity contribution >= 4 is 0 Å². The monoisotopic (exact) mass is 267 g/mol. The molecule has 4 nitrogen and oxygen atoms in total. The van der Waals surface area contributed by atoms with Crippen LogP contribution in [-0.4, -0.2) is 40.0 Å². The van der Waals surface area contributed by atoms with Crippen molar-refractivity contribution in [1.82, 2.24) is 5.32 Å². The molecule has 0 heterocycles. The van der Waals surface area contributed by atoms with Crippen molar-refractivity contribution in [2.75, 3.05) is 40.0 Å². The smallest absolute Gasteiger partial charge is 0.161 e. The molecule has 1 rings (SSSR count). The number of nitrogens with one attached hydrogen (secondary N) is 1. The van der Waals surface area contributed by atoms with Crippen molar-refractivity contribution in [2.24, 2.45) is 0 Å². The quantitative estimate of drug-likeness (QED) is 0.625. The summed E-state index contributed by atoms with van der Waals surface area (Å²) < 4.78 is 16.2. The lowest BCUT2D eigenvalue weighted by Crippen LogP contribution is -2.20. The molecule has 0 aliphatic heterocycles. The Hall–Kier alpha value is -1.26. The van der Waals surface area contributed by atoms with Gasteiger partial charge in [-0.1, -0.05) is 12.1 Å². The molecule has 0 aliphatic carbocycles. The van der Waals surface area contributed by atoms with Crippen LogP contribution in [0.4, 0.5) is 0 Å². The summed E-state index contributed by atoms with van der Waals surface area (Å²) in [6.07, 6.45) is 2.13. The van der Waals surface area contributed by atoms with E-state index >= 15 is 0 Å². The van der Waals surface area contributed by atoms with Crippen LogP contribution in [0.15, 0.2) is 24.3 Å². The summed E-state index contributed by atoms with van der Waals surface area (Å²) in [5, 5.41) is 3.31. The van der Waals surface area contributed by atoms with Crippen LogP contribution in [0.3, 0.4) is 0 Å². The Bertz CT molecular complexity index is 331. The van der Waals surface area contributed by atoms with Gasteiger partial charge in [-0.3, -0.25) is 0 Å². The molecule has 0 saturated heterocycles. The predicted molar refractivity (Wildman–Crippen MR) is 77.1 cm³/mol. The van der Waals surface area contributed by atoms with Crippen LogP contribution in [0.2, 0.25) is 0 Å². The Morgan fingerprint density at radius 3 is 2.37 bits per heavy atom. The van der Waals surface area contributed by atoms with Crippen molar-refractivity contribution in [2.45, 2.75) is 19.8 Å². The fourth-order valence-corrected chi connectivity index (χ4v) is 1.68. The number of ether oxygens (including phenoxy) is 3. The Morgan fingerprint density at radius 1 is 0.947 bits per heavy atom. The maximum atomic E-state index is 5.74. The van der Waals surface area contributed by atoms with E-state index in [-0.39, 0.29) is 0 Å². The molecule has 0 aliphatic rings. The molecule has 0 saturated carbocycles. The van der Waals surface area contributed by atoms with Gasteiger partial charge in [-0.2, -0.15) is 0 Å². The molecule has 0 bridgehead atoms. The lowest BCUT2D eigenvalue weighted by molar-refractivity contribution is 0.199. The highest BCUT2D eigenvalue weighted by atomic mass is 16.5. The predicted octanol–water partition coefficient (Wildman–Crippen LogP) is 2.48. The van der Waals surface area contributed by atoms with Gasteiger partial charge in [-0.05, 0) is 38.4 Å². The van der Waals surface area contributed by atoms with Gasteiger partial charge in [-0.25, -0.2) is 0 Å². The van der Waals surface area contributed by atoms with Gasteiger partial charge in [0.1, 0.15) is 0 Å². The third kappa shape index (κ3) is 7.03. The van der Waals surface area contributed by atoms with E-state index in [4.69, 9.17) is 14.2 Å². The van der Waals surface area contributed by atoms with Crippen molar-refractivity contribution in [3.05, 3.63) is 24.3 Å². The maximum absolute atomic E-state index is 5.74. The van der Waals surface area contributed by atoms with E-state index in [1.807, 2.05) is 31.2 Å². The number of hydrogen-bond acceptors (Lipinski definition) is 4. The van der Waals surface area contributed by atoms with E-state index in [2.05, 4.69) is 5.32 Å². The topological polar surface area (TPSA) is 39.7 Å². The summed E-state index contributed by atoms with van der Waals surface area (Å²) in [6.45, 7) is 6.02. The van der Waals surface area contributed by atoms with Crippen molar-refractivity contribution in [3.8, 4) is 11.5 Å². The maximum Gasteiger partial charge on any atom is 0.161 e. The zero-order valence-corrected chi connectivity index (χ0v) is 12.0. The Labute approximate surface area is 116 Å². The Balaban J connectivity index is 2.12. The Morgan fingerprint density at radius 2 is 1.68 bits per heavy atom. The highest BCUT2D eigenvalue weighted by Gasteiger charge is 2.02. The minimum Gasteiger partial charge on any atom is -0.490 e. The lowest BCUT2D eigenvalue weighted by atomic mass is 10.3. The molecule has 0 amide bonds. The number of rotatable bonds is 11. The minimum atomic E-state index is 0.657. The molecule has 4 heteroatoms. The van der Waals surface area contributed by atoms with Gasteiger partial charge in [0.25, 0.3) is 0 Å². The first-order valence-corrected chi connectivity index (χ1v) is 6.92. The van der Waals surface area contributed by atoms with Gasteiger partial charge in [-0.15, -0.1) is 0 Å². The number of para-hydroxylation sites is 2. The fraction of sp³-hybridized carbons (Fsp3) is 0.600. The molecular weight excluding hydrogens is 242 g/mol. The first kappa shape index (κ1) is 15.8. The molecule has 0 radical (unpaired) electrons. The number of methoxy groups -OCH3 is 1. The largest absolute Gasteiger partial charge is 0.490 e. The van der Waals surface area contributed by atoms with E-state index in [9.17, 15) is 0 Å². The zero-order chi connectivity index (χ0) is 13.8. The third-order valence-corrected chi connectivity index (χ3v) is 2.64. The van der Waals surface area contributed by atoms with Gasteiger partial charge >= 0.3 is 0 Å². The molecule has 1 N–H and O–H groups in total. The summed E-state index contributed by atoms with van der Waals surface area (Å²) in [5.74, 6) is 1.65. The van der Waals surface area contributed by atoms with Crippen LogP contribution < -0.4 is 14.8 Å². The average Bonchev–Trinajstić information content (AvgIpc) is 2.44. The number of unbranched alkanes of at least 4 members (excludes halogenated alkanes) is 1. The molecule has 0 unspecified atom stereocenters. The first-order valence-electron chi connectivity index (χ1n) is 6.92. The standard InChI is InChI=1S/C15H25NO3/c1-3-18-14-8-4-5-9-15(14)19-12-7-6-10-16-11-13-17-2/h4-5,8-9,16H,3,6-7,10-13H2,1-2H3. The molecule has 19 heavy (non-hydrogen) atoms. The molecule has 108 valence electrons. The van der Waals surface area contributed by atoms with E-state index < -0.39 is 0 Å². The zero-order valence-electron chi connectivity index (χ0n) is 12.0. The summed E-state index contributed by atoms with van der Waals surface area (Å²) in [4.78, 5) is 0. The molecule has 1 aromatic carbocycles.